The van der Waals surface area contributed by atoms with Crippen LogP contribution in [0.2, 0.25) is 5.02 Å². The van der Waals surface area contributed by atoms with E-state index < -0.39 is 11.7 Å². The lowest BCUT2D eigenvalue weighted by molar-refractivity contribution is -0.117. The predicted octanol–water partition coefficient (Wildman–Crippen LogP) is 3.63. The van der Waals surface area contributed by atoms with Crippen LogP contribution in [0.5, 0.6) is 0 Å². The number of nitrogens with one attached hydrogen (secondary N) is 2. The summed E-state index contributed by atoms with van der Waals surface area (Å²) in [6.07, 6.45) is 1.54. The fraction of sp³-hybridized carbons (Fsp3) is 0.111. The number of carbonyl (C=O) groups excluding carboxylic acids is 2. The normalized spacial score (nSPS) is 10.7. The summed E-state index contributed by atoms with van der Waals surface area (Å²) in [5.74, 6) is -1.21. The van der Waals surface area contributed by atoms with E-state index in [0.717, 1.165) is 16.6 Å². The third-order valence-electron chi connectivity index (χ3n) is 3.67. The van der Waals surface area contributed by atoms with E-state index in [9.17, 15) is 9.59 Å². The lowest BCUT2D eigenvalue weighted by atomic mass is 10.1. The predicted molar refractivity (Wildman–Crippen MR) is 90.7 cm³/mol. The Morgan fingerprint density at radius 2 is 1.87 bits per heavy atom. The standard InChI is InChI=1S/C18H15ClN2O2/c1-11-2-4-12(5-3-11)9-21-18(23)17(22)15-10-20-16-7-6-13(19)8-14(15)16/h2-8,10,20H,9H2,1H3,(H,21,23). The summed E-state index contributed by atoms with van der Waals surface area (Å²) in [6, 6.07) is 13.0. The number of benzene rings is 2. The lowest BCUT2D eigenvalue weighted by Gasteiger charge is -2.05. The molecule has 1 amide bonds. The van der Waals surface area contributed by atoms with Gasteiger partial charge >= 0.3 is 0 Å². The van der Waals surface area contributed by atoms with Crippen LogP contribution in [-0.2, 0) is 11.3 Å². The largest absolute Gasteiger partial charge is 0.360 e. The van der Waals surface area contributed by atoms with Crippen molar-refractivity contribution in [1.29, 1.82) is 0 Å². The Kier molecular flexibility index (Phi) is 4.17. The van der Waals surface area contributed by atoms with Gasteiger partial charge in [0.1, 0.15) is 0 Å². The van der Waals surface area contributed by atoms with E-state index >= 15 is 0 Å². The topological polar surface area (TPSA) is 62.0 Å². The minimum absolute atomic E-state index is 0.313. The number of ketones is 1. The first-order chi connectivity index (χ1) is 11.0. The molecule has 0 aliphatic rings. The van der Waals surface area contributed by atoms with Crippen LogP contribution in [0.15, 0.2) is 48.7 Å². The monoisotopic (exact) mass is 326 g/mol. The van der Waals surface area contributed by atoms with Crippen molar-refractivity contribution in [1.82, 2.24) is 10.3 Å². The number of amides is 1. The second-order valence-electron chi connectivity index (χ2n) is 5.39. The highest BCUT2D eigenvalue weighted by Crippen LogP contribution is 2.22. The highest BCUT2D eigenvalue weighted by Gasteiger charge is 2.19. The van der Waals surface area contributed by atoms with Gasteiger partial charge in [-0.25, -0.2) is 0 Å². The molecule has 0 unspecified atom stereocenters. The minimum Gasteiger partial charge on any atom is -0.360 e. The third kappa shape index (κ3) is 3.27. The number of Topliss-reactive ketones (excluding diaryl/α,β-unsaturated/α-hetero) is 1. The molecule has 3 aromatic rings. The molecule has 0 spiro atoms. The molecule has 1 heterocycles. The molecule has 5 heteroatoms. The number of fused-ring (bicyclic) bond motifs is 1. The summed E-state index contributed by atoms with van der Waals surface area (Å²) in [7, 11) is 0. The van der Waals surface area contributed by atoms with Crippen LogP contribution in [0.4, 0.5) is 0 Å². The van der Waals surface area contributed by atoms with E-state index in [1.165, 1.54) is 6.20 Å². The molecule has 0 fully saturated rings. The average molecular weight is 327 g/mol. The van der Waals surface area contributed by atoms with E-state index in [0.29, 0.717) is 22.5 Å². The second-order valence-corrected chi connectivity index (χ2v) is 5.83. The Labute approximate surface area is 138 Å². The zero-order chi connectivity index (χ0) is 16.4. The summed E-state index contributed by atoms with van der Waals surface area (Å²) in [6.45, 7) is 2.31. The fourth-order valence-corrected chi connectivity index (χ4v) is 2.54. The van der Waals surface area contributed by atoms with Crippen LogP contribution in [0, 0.1) is 6.92 Å². The van der Waals surface area contributed by atoms with Gasteiger partial charge in [0.25, 0.3) is 11.7 Å². The van der Waals surface area contributed by atoms with Gasteiger partial charge in [-0.05, 0) is 30.7 Å². The van der Waals surface area contributed by atoms with Crippen LogP contribution in [0.1, 0.15) is 21.5 Å². The Balaban J connectivity index is 1.75. The molecule has 2 aromatic carbocycles. The maximum Gasteiger partial charge on any atom is 0.292 e. The molecule has 0 radical (unpaired) electrons. The minimum atomic E-state index is -0.633. The molecule has 3 rings (SSSR count). The number of aromatic amines is 1. The van der Waals surface area contributed by atoms with Gasteiger partial charge in [0.05, 0.1) is 5.56 Å². The molecular formula is C18H15ClN2O2. The second kappa shape index (κ2) is 6.26. The molecule has 2 N–H and O–H groups in total. The van der Waals surface area contributed by atoms with E-state index in [2.05, 4.69) is 10.3 Å². The smallest absolute Gasteiger partial charge is 0.292 e. The number of carbonyl (C=O) groups is 2. The first-order valence-electron chi connectivity index (χ1n) is 7.19. The fourth-order valence-electron chi connectivity index (χ4n) is 2.37. The lowest BCUT2D eigenvalue weighted by Crippen LogP contribution is -2.30. The molecule has 0 aliphatic carbocycles. The molecule has 0 atom stereocenters. The Bertz CT molecular complexity index is 882. The van der Waals surface area contributed by atoms with Crippen molar-refractivity contribution in [2.75, 3.05) is 0 Å². The summed E-state index contributed by atoms with van der Waals surface area (Å²) < 4.78 is 0. The number of rotatable bonds is 4. The van der Waals surface area contributed by atoms with Gasteiger partial charge in [-0.3, -0.25) is 9.59 Å². The van der Waals surface area contributed by atoms with Gasteiger partial charge in [-0.1, -0.05) is 41.4 Å². The summed E-state index contributed by atoms with van der Waals surface area (Å²) in [5, 5.41) is 3.82. The van der Waals surface area contributed by atoms with Crippen LogP contribution >= 0.6 is 11.6 Å². The maximum absolute atomic E-state index is 12.3. The molecule has 0 saturated heterocycles. The van der Waals surface area contributed by atoms with Crippen molar-refractivity contribution in [2.24, 2.45) is 0 Å². The highest BCUT2D eigenvalue weighted by molar-refractivity contribution is 6.45. The zero-order valence-corrected chi connectivity index (χ0v) is 13.3. The molecule has 23 heavy (non-hydrogen) atoms. The van der Waals surface area contributed by atoms with Crippen molar-refractivity contribution in [2.45, 2.75) is 13.5 Å². The van der Waals surface area contributed by atoms with Crippen molar-refractivity contribution < 1.29 is 9.59 Å². The third-order valence-corrected chi connectivity index (χ3v) is 3.90. The van der Waals surface area contributed by atoms with E-state index in [1.807, 2.05) is 31.2 Å². The van der Waals surface area contributed by atoms with Crippen molar-refractivity contribution in [3.05, 3.63) is 70.4 Å². The van der Waals surface area contributed by atoms with Gasteiger partial charge in [0.2, 0.25) is 0 Å². The Hall–Kier alpha value is -2.59. The maximum atomic E-state index is 12.3. The summed E-state index contributed by atoms with van der Waals surface area (Å²) in [5.41, 5.74) is 3.18. The molecule has 0 bridgehead atoms. The summed E-state index contributed by atoms with van der Waals surface area (Å²) >= 11 is 5.96. The van der Waals surface area contributed by atoms with Crippen LogP contribution in [-0.4, -0.2) is 16.7 Å². The quantitative estimate of drug-likeness (QED) is 0.568. The van der Waals surface area contributed by atoms with E-state index in [1.54, 1.807) is 18.2 Å². The number of hydrogen-bond donors (Lipinski definition) is 2. The molecule has 1 aromatic heterocycles. The zero-order valence-electron chi connectivity index (χ0n) is 12.5. The average Bonchev–Trinajstić information content (AvgIpc) is 2.96. The number of halogens is 1. The number of H-pyrrole nitrogens is 1. The summed E-state index contributed by atoms with van der Waals surface area (Å²) in [4.78, 5) is 27.4. The first-order valence-corrected chi connectivity index (χ1v) is 7.57. The highest BCUT2D eigenvalue weighted by atomic mass is 35.5. The van der Waals surface area contributed by atoms with E-state index in [4.69, 9.17) is 11.6 Å². The number of aryl methyl sites for hydroxylation is 1. The Morgan fingerprint density at radius 3 is 2.61 bits per heavy atom. The number of aromatic nitrogens is 1. The van der Waals surface area contributed by atoms with E-state index in [-0.39, 0.29) is 0 Å². The molecule has 0 saturated carbocycles. The molecule has 116 valence electrons. The van der Waals surface area contributed by atoms with Gasteiger partial charge in [-0.15, -0.1) is 0 Å². The van der Waals surface area contributed by atoms with Crippen molar-refractivity contribution in [3.8, 4) is 0 Å². The number of hydrogen-bond acceptors (Lipinski definition) is 2. The molecule has 4 nitrogen and oxygen atoms in total. The SMILES string of the molecule is Cc1ccc(CNC(=O)C(=O)c2c[nH]c3ccc(Cl)cc23)cc1. The molecular weight excluding hydrogens is 312 g/mol. The van der Waals surface area contributed by atoms with Gasteiger partial charge < -0.3 is 10.3 Å². The van der Waals surface area contributed by atoms with Gasteiger partial charge in [0.15, 0.2) is 0 Å². The van der Waals surface area contributed by atoms with Crippen LogP contribution < -0.4 is 5.32 Å². The first kappa shape index (κ1) is 15.3. The molecule has 0 aliphatic heterocycles. The van der Waals surface area contributed by atoms with Crippen molar-refractivity contribution >= 4 is 34.2 Å². The Morgan fingerprint density at radius 1 is 1.13 bits per heavy atom. The van der Waals surface area contributed by atoms with Crippen LogP contribution in [0.25, 0.3) is 10.9 Å². The van der Waals surface area contributed by atoms with Gasteiger partial charge in [0, 0.05) is 28.7 Å². The van der Waals surface area contributed by atoms with Crippen LogP contribution in [0.3, 0.4) is 0 Å². The van der Waals surface area contributed by atoms with Crippen molar-refractivity contribution in [3.63, 3.8) is 0 Å². The van der Waals surface area contributed by atoms with Gasteiger partial charge in [-0.2, -0.15) is 0 Å².